The van der Waals surface area contributed by atoms with Crippen LogP contribution in [-0.4, -0.2) is 0 Å². The van der Waals surface area contributed by atoms with Gasteiger partial charge >= 0.3 is 0 Å². The Hall–Kier alpha value is -3.01. The number of fused-ring (bicyclic) bond motifs is 11. The number of rotatable bonds is 0. The molecule has 1 spiro atoms. The van der Waals surface area contributed by atoms with Crippen LogP contribution in [-0.2, 0) is 5.41 Å². The van der Waals surface area contributed by atoms with Crippen molar-refractivity contribution in [3.63, 3.8) is 0 Å². The fourth-order valence-electron chi connectivity index (χ4n) is 5.29. The molecule has 5 aromatic rings. The standard InChI is InChI=1S/C27H14BrClO2/c28-15-9-12-23-19(13-15)25-26(31-23)27(22-11-10-16(29)14-24(22)30-25)20-7-3-1-5-17(20)18-6-2-4-8-21(18)27/h1-14H. The maximum Gasteiger partial charge on any atom is 0.178 e. The average Bonchev–Trinajstić information content (AvgIpc) is 3.29. The van der Waals surface area contributed by atoms with Crippen molar-refractivity contribution in [2.45, 2.75) is 5.41 Å². The zero-order valence-electron chi connectivity index (χ0n) is 16.2. The van der Waals surface area contributed by atoms with Crippen molar-refractivity contribution in [3.8, 4) is 22.6 Å². The number of furan rings is 1. The lowest BCUT2D eigenvalue weighted by molar-refractivity contribution is 0.389. The van der Waals surface area contributed by atoms with E-state index in [0.29, 0.717) is 5.02 Å². The first-order valence-electron chi connectivity index (χ1n) is 10.1. The third-order valence-electron chi connectivity index (χ3n) is 6.46. The lowest BCUT2D eigenvalue weighted by Gasteiger charge is -2.36. The van der Waals surface area contributed by atoms with Crippen molar-refractivity contribution in [1.29, 1.82) is 0 Å². The second-order valence-corrected chi connectivity index (χ2v) is 9.34. The second-order valence-electron chi connectivity index (χ2n) is 7.98. The summed E-state index contributed by atoms with van der Waals surface area (Å²) in [6.07, 6.45) is 0. The molecule has 7 rings (SSSR count). The van der Waals surface area contributed by atoms with Gasteiger partial charge in [-0.1, -0.05) is 82.1 Å². The number of benzene rings is 4. The molecule has 2 heterocycles. The van der Waals surface area contributed by atoms with E-state index in [0.717, 1.165) is 38.3 Å². The van der Waals surface area contributed by atoms with Gasteiger partial charge in [-0.25, -0.2) is 0 Å². The van der Waals surface area contributed by atoms with Gasteiger partial charge in [0, 0.05) is 15.1 Å². The van der Waals surface area contributed by atoms with Gasteiger partial charge in [0.15, 0.2) is 11.5 Å². The quantitative estimate of drug-likeness (QED) is 0.215. The molecule has 0 bridgehead atoms. The molecular formula is C27H14BrClO2. The molecular weight excluding hydrogens is 472 g/mol. The van der Waals surface area contributed by atoms with Crippen LogP contribution in [0, 0.1) is 0 Å². The highest BCUT2D eigenvalue weighted by molar-refractivity contribution is 9.10. The smallest absolute Gasteiger partial charge is 0.178 e. The van der Waals surface area contributed by atoms with Gasteiger partial charge in [0.1, 0.15) is 16.7 Å². The first kappa shape index (κ1) is 17.6. The lowest BCUT2D eigenvalue weighted by Crippen LogP contribution is -2.31. The first-order valence-corrected chi connectivity index (χ1v) is 11.2. The molecule has 148 valence electrons. The summed E-state index contributed by atoms with van der Waals surface area (Å²) < 4.78 is 14.1. The van der Waals surface area contributed by atoms with Crippen LogP contribution in [0.25, 0.3) is 22.1 Å². The minimum atomic E-state index is -0.605. The van der Waals surface area contributed by atoms with Gasteiger partial charge in [-0.05, 0) is 52.6 Å². The molecule has 1 aliphatic carbocycles. The van der Waals surface area contributed by atoms with Crippen molar-refractivity contribution in [2.24, 2.45) is 0 Å². The molecule has 0 saturated heterocycles. The van der Waals surface area contributed by atoms with Crippen LogP contribution >= 0.6 is 27.5 Å². The summed E-state index contributed by atoms with van der Waals surface area (Å²) in [5.41, 5.74) is 6.06. The molecule has 0 saturated carbocycles. The van der Waals surface area contributed by atoms with Gasteiger partial charge in [-0.3, -0.25) is 0 Å². The summed E-state index contributed by atoms with van der Waals surface area (Å²) in [6.45, 7) is 0. The van der Waals surface area contributed by atoms with Gasteiger partial charge in [0.05, 0.1) is 5.39 Å². The van der Waals surface area contributed by atoms with Gasteiger partial charge in [0.25, 0.3) is 0 Å². The van der Waals surface area contributed by atoms with Crippen LogP contribution in [0.4, 0.5) is 0 Å². The molecule has 4 heteroatoms. The minimum Gasteiger partial charge on any atom is -0.455 e. The van der Waals surface area contributed by atoms with E-state index >= 15 is 0 Å². The maximum atomic E-state index is 6.61. The van der Waals surface area contributed by atoms with E-state index in [1.807, 2.05) is 30.3 Å². The number of ether oxygens (including phenoxy) is 1. The Balaban J connectivity index is 1.72. The Kier molecular flexibility index (Phi) is 3.43. The average molecular weight is 486 g/mol. The SMILES string of the molecule is Clc1ccc2c(c1)Oc1c(oc3ccc(Br)cc13)C21c2ccccc2-c2ccccc21. The van der Waals surface area contributed by atoms with E-state index in [9.17, 15) is 0 Å². The number of hydrogen-bond donors (Lipinski definition) is 0. The molecule has 0 radical (unpaired) electrons. The van der Waals surface area contributed by atoms with E-state index in [2.05, 4.69) is 70.5 Å². The zero-order chi connectivity index (χ0) is 20.7. The molecule has 0 amide bonds. The summed E-state index contributed by atoms with van der Waals surface area (Å²) in [4.78, 5) is 0. The molecule has 0 unspecified atom stereocenters. The van der Waals surface area contributed by atoms with E-state index in [1.54, 1.807) is 0 Å². The van der Waals surface area contributed by atoms with Crippen LogP contribution in [0.5, 0.6) is 11.5 Å². The fraction of sp³-hybridized carbons (Fsp3) is 0.0370. The van der Waals surface area contributed by atoms with Crippen LogP contribution in [0.1, 0.15) is 22.5 Å². The van der Waals surface area contributed by atoms with E-state index in [4.69, 9.17) is 20.8 Å². The summed E-state index contributed by atoms with van der Waals surface area (Å²) in [6, 6.07) is 29.1. The predicted molar refractivity (Wildman–Crippen MR) is 126 cm³/mol. The Labute approximate surface area is 192 Å². The first-order chi connectivity index (χ1) is 15.2. The Morgan fingerprint density at radius 1 is 0.742 bits per heavy atom. The molecule has 1 aliphatic heterocycles. The molecule has 0 fully saturated rings. The predicted octanol–water partition coefficient (Wildman–Crippen LogP) is 8.32. The molecule has 1 aromatic heterocycles. The highest BCUT2D eigenvalue weighted by atomic mass is 79.9. The van der Waals surface area contributed by atoms with Gasteiger partial charge in [0.2, 0.25) is 0 Å². The van der Waals surface area contributed by atoms with Crippen LogP contribution in [0.2, 0.25) is 5.02 Å². The highest BCUT2D eigenvalue weighted by Crippen LogP contribution is 2.63. The van der Waals surface area contributed by atoms with Crippen LogP contribution in [0.15, 0.2) is 93.8 Å². The zero-order valence-corrected chi connectivity index (χ0v) is 18.5. The number of halogens is 2. The maximum absolute atomic E-state index is 6.61. The Morgan fingerprint density at radius 2 is 1.45 bits per heavy atom. The van der Waals surface area contributed by atoms with Crippen molar-refractivity contribution < 1.29 is 9.15 Å². The van der Waals surface area contributed by atoms with Gasteiger partial charge in [-0.2, -0.15) is 0 Å². The van der Waals surface area contributed by atoms with Crippen molar-refractivity contribution in [3.05, 3.63) is 117 Å². The van der Waals surface area contributed by atoms with Gasteiger partial charge in [-0.15, -0.1) is 0 Å². The summed E-state index contributed by atoms with van der Waals surface area (Å²) in [7, 11) is 0. The van der Waals surface area contributed by atoms with Gasteiger partial charge < -0.3 is 9.15 Å². The second kappa shape index (κ2) is 6.03. The summed E-state index contributed by atoms with van der Waals surface area (Å²) in [5, 5.41) is 1.59. The molecule has 4 aromatic carbocycles. The monoisotopic (exact) mass is 484 g/mol. The largest absolute Gasteiger partial charge is 0.455 e. The lowest BCUT2D eigenvalue weighted by atomic mass is 9.69. The van der Waals surface area contributed by atoms with Crippen molar-refractivity contribution in [1.82, 2.24) is 0 Å². The van der Waals surface area contributed by atoms with Crippen LogP contribution < -0.4 is 4.74 Å². The topological polar surface area (TPSA) is 22.4 Å². The number of hydrogen-bond acceptors (Lipinski definition) is 2. The Morgan fingerprint density at radius 3 is 2.19 bits per heavy atom. The van der Waals surface area contributed by atoms with Crippen molar-refractivity contribution in [2.75, 3.05) is 0 Å². The highest BCUT2D eigenvalue weighted by Gasteiger charge is 2.54. The molecule has 31 heavy (non-hydrogen) atoms. The normalized spacial score (nSPS) is 14.6. The van der Waals surface area contributed by atoms with E-state index in [1.165, 1.54) is 22.3 Å². The molecule has 0 N–H and O–H groups in total. The van der Waals surface area contributed by atoms with E-state index in [-0.39, 0.29) is 0 Å². The molecule has 2 aliphatic rings. The Bertz CT molecular complexity index is 1500. The molecule has 2 nitrogen and oxygen atoms in total. The third-order valence-corrected chi connectivity index (χ3v) is 7.19. The summed E-state index contributed by atoms with van der Waals surface area (Å²) >= 11 is 10.0. The third kappa shape index (κ3) is 2.13. The summed E-state index contributed by atoms with van der Waals surface area (Å²) in [5.74, 6) is 2.32. The molecule has 0 atom stereocenters. The van der Waals surface area contributed by atoms with Crippen molar-refractivity contribution >= 4 is 38.5 Å². The van der Waals surface area contributed by atoms with Crippen LogP contribution in [0.3, 0.4) is 0 Å². The fourth-order valence-corrected chi connectivity index (χ4v) is 5.81. The minimum absolute atomic E-state index is 0.605. The van der Waals surface area contributed by atoms with E-state index < -0.39 is 5.41 Å².